The van der Waals surface area contributed by atoms with Crippen LogP contribution in [-0.2, 0) is 9.59 Å². The lowest BCUT2D eigenvalue weighted by atomic mass is 10.2. The smallest absolute Gasteiger partial charge is 0.241 e. The average Bonchev–Trinajstić information content (AvgIpc) is 2.86. The van der Waals surface area contributed by atoms with Gasteiger partial charge in [-0.15, -0.1) is 6.58 Å². The van der Waals surface area contributed by atoms with Gasteiger partial charge in [-0.05, 0) is 37.1 Å². The van der Waals surface area contributed by atoms with Gasteiger partial charge in [0.25, 0.3) is 0 Å². The van der Waals surface area contributed by atoms with Gasteiger partial charge in [-0.1, -0.05) is 6.08 Å². The minimum absolute atomic E-state index is 0.148. The molecule has 1 atom stereocenters. The van der Waals surface area contributed by atoms with E-state index in [4.69, 9.17) is 5.73 Å². The Morgan fingerprint density at radius 1 is 1.45 bits per heavy atom. The summed E-state index contributed by atoms with van der Waals surface area (Å²) in [5.74, 6) is -0.0929. The van der Waals surface area contributed by atoms with Crippen LogP contribution in [0.2, 0.25) is 0 Å². The van der Waals surface area contributed by atoms with Gasteiger partial charge in [-0.25, -0.2) is 0 Å². The summed E-state index contributed by atoms with van der Waals surface area (Å²) in [5, 5.41) is 2.74. The summed E-state index contributed by atoms with van der Waals surface area (Å²) in [5.41, 5.74) is 7.22. The largest absolute Gasteiger partial charge is 0.325 e. The van der Waals surface area contributed by atoms with Crippen molar-refractivity contribution in [1.82, 2.24) is 0 Å². The van der Waals surface area contributed by atoms with Crippen LogP contribution < -0.4 is 16.0 Å². The molecule has 5 nitrogen and oxygen atoms in total. The molecule has 0 aromatic heterocycles. The molecule has 1 unspecified atom stereocenters. The number of hydrogen-bond acceptors (Lipinski definition) is 3. The maximum atomic E-state index is 11.7. The molecule has 0 bridgehead atoms. The summed E-state index contributed by atoms with van der Waals surface area (Å²) in [6.07, 6.45) is 3.56. The van der Waals surface area contributed by atoms with Crippen molar-refractivity contribution in [2.75, 3.05) is 16.8 Å². The molecule has 3 N–H and O–H groups in total. The zero-order chi connectivity index (χ0) is 14.5. The number of carbonyl (C=O) groups excluding carboxylic acids is 2. The number of hydrogen-bond donors (Lipinski definition) is 2. The number of nitrogens with two attached hydrogens (primary N) is 1. The molecule has 5 heteroatoms. The van der Waals surface area contributed by atoms with E-state index in [1.54, 1.807) is 23.1 Å². The van der Waals surface area contributed by atoms with Crippen LogP contribution in [0.5, 0.6) is 0 Å². The van der Waals surface area contributed by atoms with Gasteiger partial charge in [0, 0.05) is 24.3 Å². The Bertz CT molecular complexity index is 510. The molecule has 1 fully saturated rings. The maximum absolute atomic E-state index is 11.7. The van der Waals surface area contributed by atoms with Gasteiger partial charge >= 0.3 is 0 Å². The Kier molecular flexibility index (Phi) is 4.53. The van der Waals surface area contributed by atoms with Crippen molar-refractivity contribution >= 4 is 23.2 Å². The summed E-state index contributed by atoms with van der Waals surface area (Å²) in [6.45, 7) is 4.31. The predicted octanol–water partition coefficient (Wildman–Crippen LogP) is 1.66. The Balaban J connectivity index is 1.99. The van der Waals surface area contributed by atoms with Crippen molar-refractivity contribution in [3.05, 3.63) is 36.9 Å². The lowest BCUT2D eigenvalue weighted by Crippen LogP contribution is -2.35. The lowest BCUT2D eigenvalue weighted by Gasteiger charge is -2.16. The van der Waals surface area contributed by atoms with E-state index in [-0.39, 0.29) is 11.8 Å². The van der Waals surface area contributed by atoms with E-state index >= 15 is 0 Å². The quantitative estimate of drug-likeness (QED) is 0.801. The van der Waals surface area contributed by atoms with Crippen LogP contribution in [-0.4, -0.2) is 24.4 Å². The van der Waals surface area contributed by atoms with Gasteiger partial charge in [-0.3, -0.25) is 9.59 Å². The Hall–Kier alpha value is -2.14. The van der Waals surface area contributed by atoms with Gasteiger partial charge in [-0.2, -0.15) is 0 Å². The second kappa shape index (κ2) is 6.34. The number of benzene rings is 1. The molecular formula is C15H19N3O2. The topological polar surface area (TPSA) is 75.4 Å². The predicted molar refractivity (Wildman–Crippen MR) is 79.4 cm³/mol. The molecule has 0 radical (unpaired) electrons. The van der Waals surface area contributed by atoms with Gasteiger partial charge < -0.3 is 16.0 Å². The third-order valence-electron chi connectivity index (χ3n) is 3.28. The first-order chi connectivity index (χ1) is 9.61. The molecule has 1 heterocycles. The summed E-state index contributed by atoms with van der Waals surface area (Å²) >= 11 is 0. The first kappa shape index (κ1) is 14.3. The molecule has 0 aliphatic carbocycles. The van der Waals surface area contributed by atoms with Crippen molar-refractivity contribution in [3.63, 3.8) is 0 Å². The van der Waals surface area contributed by atoms with Crippen LogP contribution in [0.4, 0.5) is 11.4 Å². The average molecular weight is 273 g/mol. The first-order valence-corrected chi connectivity index (χ1v) is 6.69. The maximum Gasteiger partial charge on any atom is 0.241 e. The highest BCUT2D eigenvalue weighted by Gasteiger charge is 2.21. The van der Waals surface area contributed by atoms with Crippen molar-refractivity contribution < 1.29 is 9.59 Å². The Morgan fingerprint density at radius 2 is 2.15 bits per heavy atom. The number of rotatable bonds is 5. The molecule has 1 aromatic carbocycles. The zero-order valence-corrected chi connectivity index (χ0v) is 11.3. The molecule has 106 valence electrons. The highest BCUT2D eigenvalue weighted by molar-refractivity contribution is 5.97. The van der Waals surface area contributed by atoms with Crippen molar-refractivity contribution in [2.24, 2.45) is 5.73 Å². The molecule has 20 heavy (non-hydrogen) atoms. The normalized spacial score (nSPS) is 16.1. The second-order valence-electron chi connectivity index (χ2n) is 4.82. The Morgan fingerprint density at radius 3 is 2.70 bits per heavy atom. The van der Waals surface area contributed by atoms with Crippen LogP contribution in [0.25, 0.3) is 0 Å². The summed E-state index contributed by atoms with van der Waals surface area (Å²) < 4.78 is 0. The highest BCUT2D eigenvalue weighted by atomic mass is 16.2. The molecule has 1 saturated heterocycles. The van der Waals surface area contributed by atoms with Crippen LogP contribution in [0, 0.1) is 0 Å². The van der Waals surface area contributed by atoms with E-state index in [0.29, 0.717) is 18.5 Å². The van der Waals surface area contributed by atoms with Crippen LogP contribution in [0.3, 0.4) is 0 Å². The summed E-state index contributed by atoms with van der Waals surface area (Å²) in [4.78, 5) is 25.1. The fraction of sp³-hybridized carbons (Fsp3) is 0.333. The molecule has 1 aromatic rings. The van der Waals surface area contributed by atoms with Gasteiger partial charge in [0.2, 0.25) is 11.8 Å². The second-order valence-corrected chi connectivity index (χ2v) is 4.82. The molecule has 0 saturated carbocycles. The molecule has 2 rings (SSSR count). The molecule has 0 spiro atoms. The first-order valence-electron chi connectivity index (χ1n) is 6.69. The minimum atomic E-state index is -0.590. The SMILES string of the molecule is C=CCC(N)C(=O)Nc1ccc(N2CCCC2=O)cc1. The number of nitrogens with zero attached hydrogens (tertiary/aromatic N) is 1. The fourth-order valence-electron chi connectivity index (χ4n) is 2.17. The van der Waals surface area contributed by atoms with Crippen molar-refractivity contribution in [1.29, 1.82) is 0 Å². The summed E-state index contributed by atoms with van der Waals surface area (Å²) in [7, 11) is 0. The third kappa shape index (κ3) is 3.24. The molecule has 1 aliphatic heterocycles. The van der Waals surface area contributed by atoms with E-state index in [1.165, 1.54) is 0 Å². The number of amides is 2. The van der Waals surface area contributed by atoms with E-state index in [2.05, 4.69) is 11.9 Å². The zero-order valence-electron chi connectivity index (χ0n) is 11.3. The molecule has 1 aliphatic rings. The number of anilines is 2. The number of carbonyl (C=O) groups is 2. The van der Waals surface area contributed by atoms with E-state index in [1.807, 2.05) is 12.1 Å². The van der Waals surface area contributed by atoms with E-state index in [0.717, 1.165) is 18.7 Å². The minimum Gasteiger partial charge on any atom is -0.325 e. The standard InChI is InChI=1S/C15H19N3O2/c1-2-4-13(16)15(20)17-11-6-8-12(9-7-11)18-10-3-5-14(18)19/h2,6-9,13H,1,3-5,10,16H2,(H,17,20). The number of nitrogens with one attached hydrogen (secondary N) is 1. The van der Waals surface area contributed by atoms with Crippen molar-refractivity contribution in [2.45, 2.75) is 25.3 Å². The van der Waals surface area contributed by atoms with Gasteiger partial charge in [0.15, 0.2) is 0 Å². The third-order valence-corrected chi connectivity index (χ3v) is 3.28. The van der Waals surface area contributed by atoms with Gasteiger partial charge in [0.1, 0.15) is 0 Å². The van der Waals surface area contributed by atoms with Crippen LogP contribution in [0.15, 0.2) is 36.9 Å². The molecular weight excluding hydrogens is 254 g/mol. The lowest BCUT2D eigenvalue weighted by molar-refractivity contribution is -0.118. The van der Waals surface area contributed by atoms with Crippen LogP contribution in [0.1, 0.15) is 19.3 Å². The fourth-order valence-corrected chi connectivity index (χ4v) is 2.17. The van der Waals surface area contributed by atoms with Crippen molar-refractivity contribution in [3.8, 4) is 0 Å². The monoisotopic (exact) mass is 273 g/mol. The van der Waals surface area contributed by atoms with E-state index in [9.17, 15) is 9.59 Å². The molecule has 2 amide bonds. The van der Waals surface area contributed by atoms with Crippen LogP contribution >= 0.6 is 0 Å². The van der Waals surface area contributed by atoms with Gasteiger partial charge in [0.05, 0.1) is 6.04 Å². The Labute approximate surface area is 118 Å². The van der Waals surface area contributed by atoms with E-state index < -0.39 is 6.04 Å². The summed E-state index contributed by atoms with van der Waals surface area (Å²) in [6, 6.07) is 6.63. The highest BCUT2D eigenvalue weighted by Crippen LogP contribution is 2.23.